The van der Waals surface area contributed by atoms with E-state index >= 15 is 0 Å². The summed E-state index contributed by atoms with van der Waals surface area (Å²) >= 11 is 0. The first-order valence-corrected chi connectivity index (χ1v) is 3.69. The van der Waals surface area contributed by atoms with Crippen LogP contribution in [0.25, 0.3) is 0 Å². The fraction of sp³-hybridized carbons (Fsp3) is 0.500. The first kappa shape index (κ1) is 8.60. The fourth-order valence-electron chi connectivity index (χ4n) is 1.17. The molecule has 1 aliphatic rings. The van der Waals surface area contributed by atoms with Crippen LogP contribution in [0.5, 0.6) is 0 Å². The molecule has 4 nitrogen and oxygen atoms in total. The number of nitrogens with two attached hydrogens (primary N) is 1. The van der Waals surface area contributed by atoms with Gasteiger partial charge in [0, 0.05) is 6.54 Å². The number of nitrogens with zero attached hydrogens (tertiary/aromatic N) is 1. The van der Waals surface area contributed by atoms with E-state index in [0.29, 0.717) is 13.0 Å². The van der Waals surface area contributed by atoms with Gasteiger partial charge in [-0.15, -0.1) is 6.42 Å². The number of hydrogen-bond donors (Lipinski definition) is 1. The Morgan fingerprint density at radius 1 is 1.67 bits per heavy atom. The van der Waals surface area contributed by atoms with Crippen molar-refractivity contribution in [3.05, 3.63) is 0 Å². The van der Waals surface area contributed by atoms with E-state index in [1.54, 1.807) is 0 Å². The minimum atomic E-state index is -0.452. The van der Waals surface area contributed by atoms with Gasteiger partial charge < -0.3 is 10.6 Å². The Balaban J connectivity index is 2.50. The number of carbonyl (C=O) groups excluding carboxylic acids is 2. The Kier molecular flexibility index (Phi) is 2.34. The summed E-state index contributed by atoms with van der Waals surface area (Å²) in [6.07, 6.45) is 5.66. The van der Waals surface area contributed by atoms with Crippen molar-refractivity contribution in [2.45, 2.75) is 18.9 Å². The smallest absolute Gasteiger partial charge is 0.240 e. The Morgan fingerprint density at radius 2 is 2.33 bits per heavy atom. The van der Waals surface area contributed by atoms with E-state index in [-0.39, 0.29) is 12.3 Å². The lowest BCUT2D eigenvalue weighted by atomic mass is 10.0. The summed E-state index contributed by atoms with van der Waals surface area (Å²) in [7, 11) is 0. The molecule has 0 radical (unpaired) electrons. The summed E-state index contributed by atoms with van der Waals surface area (Å²) in [6.45, 7) is 0.591. The third-order valence-electron chi connectivity index (χ3n) is 1.92. The van der Waals surface area contributed by atoms with E-state index in [4.69, 9.17) is 12.2 Å². The highest BCUT2D eigenvalue weighted by Gasteiger charge is 2.35. The number of hydrogen-bond acceptors (Lipinski definition) is 2. The Morgan fingerprint density at radius 3 is 2.67 bits per heavy atom. The van der Waals surface area contributed by atoms with E-state index in [1.807, 2.05) is 0 Å². The highest BCUT2D eigenvalue weighted by atomic mass is 16.2. The van der Waals surface area contributed by atoms with Crippen molar-refractivity contribution in [2.75, 3.05) is 6.54 Å². The minimum absolute atomic E-state index is 0.0454. The molecule has 1 rings (SSSR count). The average molecular weight is 166 g/mol. The molecule has 0 spiro atoms. The van der Waals surface area contributed by atoms with Crippen LogP contribution in [-0.2, 0) is 9.59 Å². The van der Waals surface area contributed by atoms with E-state index in [1.165, 1.54) is 4.90 Å². The highest BCUT2D eigenvalue weighted by Crippen LogP contribution is 2.17. The number of primary amides is 1. The molecule has 1 aliphatic heterocycles. The molecular weight excluding hydrogens is 156 g/mol. The molecule has 1 unspecified atom stereocenters. The highest BCUT2D eigenvalue weighted by molar-refractivity contribution is 5.89. The fourth-order valence-corrected chi connectivity index (χ4v) is 1.17. The lowest BCUT2D eigenvalue weighted by Gasteiger charge is -2.38. The summed E-state index contributed by atoms with van der Waals surface area (Å²) in [5.74, 6) is 1.59. The lowest BCUT2D eigenvalue weighted by molar-refractivity contribution is -0.145. The molecule has 1 fully saturated rings. The Bertz CT molecular complexity index is 254. The standard InChI is InChI=1S/C8H10N2O2/c1-2-3-7(11)10-5-4-6(10)8(9)12/h1,6H,3-5H2,(H2,9,12). The Hall–Kier alpha value is -1.50. The van der Waals surface area contributed by atoms with Crippen LogP contribution in [0.4, 0.5) is 0 Å². The summed E-state index contributed by atoms with van der Waals surface area (Å²) in [6, 6.07) is -0.425. The van der Waals surface area contributed by atoms with Crippen molar-refractivity contribution in [2.24, 2.45) is 5.73 Å². The van der Waals surface area contributed by atoms with Crippen LogP contribution < -0.4 is 5.73 Å². The second kappa shape index (κ2) is 3.26. The normalized spacial score (nSPS) is 20.9. The maximum atomic E-state index is 11.1. The first-order valence-electron chi connectivity index (χ1n) is 3.69. The van der Waals surface area contributed by atoms with E-state index in [9.17, 15) is 9.59 Å². The van der Waals surface area contributed by atoms with Crippen LogP contribution in [0, 0.1) is 12.3 Å². The average Bonchev–Trinajstić information content (AvgIpc) is 1.82. The van der Waals surface area contributed by atoms with Crippen LogP contribution in [-0.4, -0.2) is 29.3 Å². The van der Waals surface area contributed by atoms with Crippen LogP contribution >= 0.6 is 0 Å². The van der Waals surface area contributed by atoms with Gasteiger partial charge >= 0.3 is 0 Å². The number of amides is 2. The molecule has 2 amide bonds. The van der Waals surface area contributed by atoms with Crippen LogP contribution in [0.15, 0.2) is 0 Å². The van der Waals surface area contributed by atoms with Gasteiger partial charge in [-0.05, 0) is 6.42 Å². The van der Waals surface area contributed by atoms with Gasteiger partial charge in [0.2, 0.25) is 11.8 Å². The number of terminal acetylenes is 1. The zero-order valence-corrected chi connectivity index (χ0v) is 6.62. The van der Waals surface area contributed by atoms with Gasteiger partial charge in [0.15, 0.2) is 0 Å². The van der Waals surface area contributed by atoms with Crippen molar-refractivity contribution >= 4 is 11.8 Å². The van der Waals surface area contributed by atoms with Gasteiger partial charge in [-0.2, -0.15) is 0 Å². The van der Waals surface area contributed by atoms with Gasteiger partial charge in [-0.3, -0.25) is 9.59 Å². The molecule has 64 valence electrons. The number of rotatable bonds is 2. The first-order chi connectivity index (χ1) is 5.66. The zero-order valence-electron chi connectivity index (χ0n) is 6.62. The molecule has 4 heteroatoms. The van der Waals surface area contributed by atoms with Crippen LogP contribution in [0.2, 0.25) is 0 Å². The molecule has 0 bridgehead atoms. The van der Waals surface area contributed by atoms with Gasteiger partial charge in [-0.1, -0.05) is 5.92 Å². The molecule has 1 heterocycles. The minimum Gasteiger partial charge on any atom is -0.368 e. The topological polar surface area (TPSA) is 63.4 Å². The predicted molar refractivity (Wildman–Crippen MR) is 42.8 cm³/mol. The molecule has 1 atom stereocenters. The quantitative estimate of drug-likeness (QED) is 0.540. The van der Waals surface area contributed by atoms with E-state index in [0.717, 1.165) is 0 Å². The monoisotopic (exact) mass is 166 g/mol. The SMILES string of the molecule is C#CCC(=O)N1CCC1C(N)=O. The van der Waals surface area contributed by atoms with Crippen molar-refractivity contribution in [3.63, 3.8) is 0 Å². The maximum absolute atomic E-state index is 11.1. The third-order valence-corrected chi connectivity index (χ3v) is 1.92. The maximum Gasteiger partial charge on any atom is 0.240 e. The molecule has 2 N–H and O–H groups in total. The second-order valence-electron chi connectivity index (χ2n) is 2.67. The molecule has 0 aromatic rings. The van der Waals surface area contributed by atoms with Crippen molar-refractivity contribution in [1.29, 1.82) is 0 Å². The summed E-state index contributed by atoms with van der Waals surface area (Å²) in [4.78, 5) is 23.2. The second-order valence-corrected chi connectivity index (χ2v) is 2.67. The van der Waals surface area contributed by atoms with Crippen molar-refractivity contribution in [3.8, 4) is 12.3 Å². The van der Waals surface area contributed by atoms with Crippen LogP contribution in [0.1, 0.15) is 12.8 Å². The number of carbonyl (C=O) groups is 2. The van der Waals surface area contributed by atoms with E-state index < -0.39 is 11.9 Å². The van der Waals surface area contributed by atoms with Crippen molar-refractivity contribution in [1.82, 2.24) is 4.90 Å². The molecule has 1 saturated heterocycles. The van der Waals surface area contributed by atoms with Crippen molar-refractivity contribution < 1.29 is 9.59 Å². The zero-order chi connectivity index (χ0) is 9.14. The third kappa shape index (κ3) is 1.40. The largest absolute Gasteiger partial charge is 0.368 e. The summed E-state index contributed by atoms with van der Waals surface area (Å²) < 4.78 is 0. The van der Waals surface area contributed by atoms with Gasteiger partial charge in [0.1, 0.15) is 6.04 Å². The van der Waals surface area contributed by atoms with Gasteiger partial charge in [0.05, 0.1) is 6.42 Å². The summed E-state index contributed by atoms with van der Waals surface area (Å²) in [5, 5.41) is 0. The molecule has 0 aliphatic carbocycles. The lowest BCUT2D eigenvalue weighted by Crippen LogP contribution is -2.57. The summed E-state index contributed by atoms with van der Waals surface area (Å²) in [5.41, 5.74) is 5.04. The Labute approximate surface area is 70.7 Å². The molecule has 12 heavy (non-hydrogen) atoms. The molecule has 0 aromatic carbocycles. The van der Waals surface area contributed by atoms with E-state index in [2.05, 4.69) is 5.92 Å². The molecule has 0 aromatic heterocycles. The van der Waals surface area contributed by atoms with Gasteiger partial charge in [-0.25, -0.2) is 0 Å². The molecule has 0 saturated carbocycles. The van der Waals surface area contributed by atoms with Crippen LogP contribution in [0.3, 0.4) is 0 Å². The molecular formula is C8H10N2O2. The number of likely N-dealkylation sites (tertiary alicyclic amines) is 1. The predicted octanol–water partition coefficient (Wildman–Crippen LogP) is -0.904. The van der Waals surface area contributed by atoms with Gasteiger partial charge in [0.25, 0.3) is 0 Å².